The van der Waals surface area contributed by atoms with Crippen molar-refractivity contribution < 1.29 is 27.5 Å². The number of carbonyl (C=O) groups excluding carboxylic acids is 2. The van der Waals surface area contributed by atoms with Crippen LogP contribution in [0.5, 0.6) is 0 Å². The van der Waals surface area contributed by atoms with Crippen LogP contribution in [0.2, 0.25) is 0 Å². The van der Waals surface area contributed by atoms with Gasteiger partial charge < -0.3 is 14.5 Å². The molecule has 33 heavy (non-hydrogen) atoms. The Labute approximate surface area is 195 Å². The minimum Gasteiger partial charge on any atom is -0.463 e. The van der Waals surface area contributed by atoms with E-state index in [0.717, 1.165) is 62.7 Å². The zero-order chi connectivity index (χ0) is 24.0. The highest BCUT2D eigenvalue weighted by Gasteiger charge is 2.34. The Bertz CT molecular complexity index is 910. The van der Waals surface area contributed by atoms with Crippen molar-refractivity contribution in [3.8, 4) is 0 Å². The molecule has 1 aromatic carbocycles. The Kier molecular flexibility index (Phi) is 8.55. The fourth-order valence-electron chi connectivity index (χ4n) is 3.44. The van der Waals surface area contributed by atoms with E-state index in [0.29, 0.717) is 23.8 Å². The number of esters is 1. The maximum atomic E-state index is 12.9. The van der Waals surface area contributed by atoms with E-state index in [1.54, 1.807) is 6.92 Å². The molecule has 0 aliphatic carbocycles. The number of nitrogens with zero attached hydrogens (tertiary/aromatic N) is 4. The Hall–Kier alpha value is -2.37. The van der Waals surface area contributed by atoms with Crippen LogP contribution in [0.25, 0.3) is 0 Å². The molecule has 180 valence electrons. The number of thioether (sulfide) groups is 1. The van der Waals surface area contributed by atoms with Crippen LogP contribution in [0.4, 0.5) is 18.9 Å². The molecule has 3 rings (SSSR count). The first kappa shape index (κ1) is 25.3. The minimum atomic E-state index is -4.44. The highest BCUT2D eigenvalue weighted by Crippen LogP contribution is 2.34. The predicted octanol–water partition coefficient (Wildman–Crippen LogP) is 3.35. The summed E-state index contributed by atoms with van der Waals surface area (Å²) in [6.07, 6.45) is -2.59. The quantitative estimate of drug-likeness (QED) is 0.437. The number of amidine groups is 1. The predicted molar refractivity (Wildman–Crippen MR) is 121 cm³/mol. The summed E-state index contributed by atoms with van der Waals surface area (Å²) in [7, 11) is 2.08. The molecule has 2 saturated heterocycles. The van der Waals surface area contributed by atoms with Gasteiger partial charge in [-0.25, -0.2) is 9.79 Å². The molecule has 1 aromatic rings. The Balaban J connectivity index is 1.74. The third-order valence-electron chi connectivity index (χ3n) is 5.29. The number of alkyl halides is 3. The van der Waals surface area contributed by atoms with Crippen LogP contribution in [0, 0.1) is 0 Å². The summed E-state index contributed by atoms with van der Waals surface area (Å²) in [6, 6.07) is 4.43. The molecule has 0 radical (unpaired) electrons. The van der Waals surface area contributed by atoms with E-state index in [9.17, 15) is 22.8 Å². The number of carbonyl (C=O) groups is 2. The van der Waals surface area contributed by atoms with E-state index in [1.165, 1.54) is 17.0 Å². The average molecular weight is 485 g/mol. The van der Waals surface area contributed by atoms with Gasteiger partial charge in [-0.1, -0.05) is 0 Å². The van der Waals surface area contributed by atoms with Crippen LogP contribution in [0.15, 0.2) is 40.2 Å². The second kappa shape index (κ2) is 11.2. The van der Waals surface area contributed by atoms with Gasteiger partial charge in [0.1, 0.15) is 0 Å². The zero-order valence-electron chi connectivity index (χ0n) is 18.6. The molecular weight excluding hydrogens is 457 g/mol. The normalized spacial score (nSPS) is 20.8. The summed E-state index contributed by atoms with van der Waals surface area (Å²) in [6.45, 7) is 6.95. The summed E-state index contributed by atoms with van der Waals surface area (Å²) in [5.74, 6) is -0.987. The van der Waals surface area contributed by atoms with E-state index in [2.05, 4.69) is 21.8 Å². The van der Waals surface area contributed by atoms with E-state index >= 15 is 0 Å². The van der Waals surface area contributed by atoms with Gasteiger partial charge >= 0.3 is 12.1 Å². The highest BCUT2D eigenvalue weighted by atomic mass is 32.2. The average Bonchev–Trinajstić information content (AvgIpc) is 3.04. The first-order valence-electron chi connectivity index (χ1n) is 10.7. The van der Waals surface area contributed by atoms with Crippen LogP contribution in [0.3, 0.4) is 0 Å². The van der Waals surface area contributed by atoms with Crippen LogP contribution in [-0.4, -0.2) is 84.7 Å². The molecule has 0 spiro atoms. The Morgan fingerprint density at radius 3 is 2.42 bits per heavy atom. The van der Waals surface area contributed by atoms with Crippen molar-refractivity contribution in [2.45, 2.75) is 19.5 Å². The van der Waals surface area contributed by atoms with Gasteiger partial charge in [-0.3, -0.25) is 9.69 Å². The molecule has 0 bridgehead atoms. The van der Waals surface area contributed by atoms with Crippen molar-refractivity contribution in [3.05, 3.63) is 40.8 Å². The third-order valence-corrected chi connectivity index (χ3v) is 6.30. The molecule has 2 fully saturated rings. The summed E-state index contributed by atoms with van der Waals surface area (Å²) in [5.41, 5.74) is -0.478. The van der Waals surface area contributed by atoms with E-state index < -0.39 is 17.7 Å². The molecule has 2 heterocycles. The van der Waals surface area contributed by atoms with Gasteiger partial charge in [0, 0.05) is 38.8 Å². The third kappa shape index (κ3) is 7.05. The zero-order valence-corrected chi connectivity index (χ0v) is 19.4. The SMILES string of the molecule is CCOC(=O)/C=C1\SC(=Nc2ccc(C(F)(F)F)cc2)N(CCCN2CCN(C)CC2)C1=O. The van der Waals surface area contributed by atoms with Crippen LogP contribution in [-0.2, 0) is 20.5 Å². The summed E-state index contributed by atoms with van der Waals surface area (Å²) in [4.78, 5) is 35.4. The minimum absolute atomic E-state index is 0.179. The number of ether oxygens (including phenoxy) is 1. The lowest BCUT2D eigenvalue weighted by atomic mass is 10.2. The Morgan fingerprint density at radius 1 is 1.15 bits per heavy atom. The van der Waals surface area contributed by atoms with Gasteiger partial charge in [0.15, 0.2) is 5.17 Å². The lowest BCUT2D eigenvalue weighted by molar-refractivity contribution is -0.138. The van der Waals surface area contributed by atoms with Crippen molar-refractivity contribution in [1.82, 2.24) is 14.7 Å². The summed E-state index contributed by atoms with van der Waals surface area (Å²) in [5, 5.41) is 0.327. The smallest absolute Gasteiger partial charge is 0.416 e. The van der Waals surface area contributed by atoms with E-state index in [1.807, 2.05) is 0 Å². The van der Waals surface area contributed by atoms with Crippen LogP contribution >= 0.6 is 11.8 Å². The number of likely N-dealkylation sites (N-methyl/N-ethyl adjacent to an activating group) is 1. The molecule has 0 N–H and O–H groups in total. The maximum absolute atomic E-state index is 12.9. The van der Waals surface area contributed by atoms with Gasteiger partial charge in [0.2, 0.25) is 0 Å². The number of hydrogen-bond acceptors (Lipinski definition) is 7. The molecule has 11 heteroatoms. The second-order valence-electron chi connectivity index (χ2n) is 7.76. The van der Waals surface area contributed by atoms with Crippen molar-refractivity contribution in [3.63, 3.8) is 0 Å². The molecule has 0 saturated carbocycles. The number of piperazine rings is 1. The Morgan fingerprint density at radius 2 is 1.82 bits per heavy atom. The van der Waals surface area contributed by atoms with Gasteiger partial charge in [-0.05, 0) is 63.0 Å². The van der Waals surface area contributed by atoms with Crippen molar-refractivity contribution >= 4 is 34.5 Å². The topological polar surface area (TPSA) is 65.5 Å². The molecule has 0 atom stereocenters. The highest BCUT2D eigenvalue weighted by molar-refractivity contribution is 8.18. The van der Waals surface area contributed by atoms with E-state index in [4.69, 9.17) is 4.74 Å². The number of benzene rings is 1. The molecule has 0 unspecified atom stereocenters. The van der Waals surface area contributed by atoms with E-state index in [-0.39, 0.29) is 17.4 Å². The van der Waals surface area contributed by atoms with Crippen LogP contribution < -0.4 is 0 Å². The number of aliphatic imine (C=N–C) groups is 1. The summed E-state index contributed by atoms with van der Waals surface area (Å²) >= 11 is 1.02. The lowest BCUT2D eigenvalue weighted by Gasteiger charge is -2.32. The molecule has 1 amide bonds. The molecule has 0 aromatic heterocycles. The number of hydrogen-bond donors (Lipinski definition) is 0. The van der Waals surface area contributed by atoms with Crippen LogP contribution in [0.1, 0.15) is 18.9 Å². The second-order valence-corrected chi connectivity index (χ2v) is 8.77. The monoisotopic (exact) mass is 484 g/mol. The maximum Gasteiger partial charge on any atom is 0.416 e. The fraction of sp³-hybridized carbons (Fsp3) is 0.500. The first-order chi connectivity index (χ1) is 15.7. The summed E-state index contributed by atoms with van der Waals surface area (Å²) < 4.78 is 43.4. The number of halogens is 3. The number of amides is 1. The number of rotatable bonds is 7. The fourth-order valence-corrected chi connectivity index (χ4v) is 4.42. The van der Waals surface area contributed by atoms with Gasteiger partial charge in [0.05, 0.1) is 22.8 Å². The molecule has 2 aliphatic heterocycles. The van der Waals surface area contributed by atoms with Crippen molar-refractivity contribution in [2.24, 2.45) is 4.99 Å². The van der Waals surface area contributed by atoms with Gasteiger partial charge in [-0.15, -0.1) is 0 Å². The first-order valence-corrected chi connectivity index (χ1v) is 11.5. The largest absolute Gasteiger partial charge is 0.463 e. The molecular formula is C22H27F3N4O3S. The standard InChI is InChI=1S/C22H27F3N4O3S/c1-3-32-19(30)15-18-20(31)29(10-4-9-28-13-11-27(2)12-14-28)21(33-18)26-17-7-5-16(6-8-17)22(23,24)25/h5-8,15H,3-4,9-14H2,1-2H3/b18-15-,26-21?. The molecule has 2 aliphatic rings. The van der Waals surface area contributed by atoms with Gasteiger partial charge in [-0.2, -0.15) is 13.2 Å². The molecule has 7 nitrogen and oxygen atoms in total. The van der Waals surface area contributed by atoms with Gasteiger partial charge in [0.25, 0.3) is 5.91 Å². The van der Waals surface area contributed by atoms with Crippen molar-refractivity contribution in [1.29, 1.82) is 0 Å². The van der Waals surface area contributed by atoms with Crippen molar-refractivity contribution in [2.75, 3.05) is 52.9 Å². The lowest BCUT2D eigenvalue weighted by Crippen LogP contribution is -2.45.